The Morgan fingerprint density at radius 1 is 1.29 bits per heavy atom. The lowest BCUT2D eigenvalue weighted by Gasteiger charge is -2.29. The minimum Gasteiger partial charge on any atom is -0.371 e. The van der Waals surface area contributed by atoms with Crippen LogP contribution in [-0.2, 0) is 0 Å². The van der Waals surface area contributed by atoms with Crippen LogP contribution in [0.5, 0.6) is 0 Å². The van der Waals surface area contributed by atoms with Gasteiger partial charge in [-0.05, 0) is 50.3 Å². The van der Waals surface area contributed by atoms with Gasteiger partial charge in [-0.15, -0.1) is 0 Å². The smallest absolute Gasteiger partial charge is 0.130 e. The van der Waals surface area contributed by atoms with E-state index in [1.807, 2.05) is 13.0 Å². The number of hydrogen-bond acceptors (Lipinski definition) is 2. The van der Waals surface area contributed by atoms with E-state index in [1.165, 1.54) is 19.3 Å². The van der Waals surface area contributed by atoms with Gasteiger partial charge in [-0.2, -0.15) is 0 Å². The maximum absolute atomic E-state index is 14.4. The molecule has 0 radical (unpaired) electrons. The van der Waals surface area contributed by atoms with Crippen LogP contribution < -0.4 is 10.2 Å². The highest BCUT2D eigenvalue weighted by molar-refractivity contribution is 5.56. The second-order valence-electron chi connectivity index (χ2n) is 6.33. The van der Waals surface area contributed by atoms with Crippen molar-refractivity contribution in [2.45, 2.75) is 53.0 Å². The number of nitrogens with zero attached hydrogens (tertiary/aromatic N) is 1. The molecule has 1 saturated heterocycles. The first-order valence-electron chi connectivity index (χ1n) is 8.33. The molecule has 0 aromatic heterocycles. The molecule has 1 N–H and O–H groups in total. The van der Waals surface area contributed by atoms with E-state index in [-0.39, 0.29) is 11.9 Å². The first-order chi connectivity index (χ1) is 10.1. The molecule has 1 unspecified atom stereocenters. The average Bonchev–Trinajstić information content (AvgIpc) is 2.92. The summed E-state index contributed by atoms with van der Waals surface area (Å²) in [5, 5.41) is 3.35. The normalized spacial score (nSPS) is 19.0. The van der Waals surface area contributed by atoms with Crippen molar-refractivity contribution in [2.24, 2.45) is 5.41 Å². The van der Waals surface area contributed by atoms with Crippen molar-refractivity contribution < 1.29 is 4.39 Å². The van der Waals surface area contributed by atoms with Gasteiger partial charge in [0.1, 0.15) is 5.82 Å². The average molecular weight is 292 g/mol. The zero-order valence-corrected chi connectivity index (χ0v) is 13.9. The molecule has 118 valence electrons. The second kappa shape index (κ2) is 6.78. The van der Waals surface area contributed by atoms with Crippen LogP contribution in [0.2, 0.25) is 0 Å². The van der Waals surface area contributed by atoms with E-state index in [0.29, 0.717) is 5.41 Å². The Morgan fingerprint density at radius 3 is 2.57 bits per heavy atom. The topological polar surface area (TPSA) is 15.3 Å². The third-order valence-electron chi connectivity index (χ3n) is 5.25. The van der Waals surface area contributed by atoms with Gasteiger partial charge in [-0.3, -0.25) is 0 Å². The summed E-state index contributed by atoms with van der Waals surface area (Å²) in [7, 11) is 0. The van der Waals surface area contributed by atoms with Crippen LogP contribution in [0.3, 0.4) is 0 Å². The van der Waals surface area contributed by atoms with E-state index in [2.05, 4.69) is 37.1 Å². The summed E-state index contributed by atoms with van der Waals surface area (Å²) in [4.78, 5) is 2.39. The fourth-order valence-electron chi connectivity index (χ4n) is 3.61. The Balaban J connectivity index is 2.30. The zero-order valence-electron chi connectivity index (χ0n) is 13.9. The number of nitrogens with one attached hydrogen (secondary N) is 1. The van der Waals surface area contributed by atoms with E-state index >= 15 is 0 Å². The van der Waals surface area contributed by atoms with Crippen LogP contribution in [0.15, 0.2) is 18.2 Å². The number of halogens is 1. The maximum Gasteiger partial charge on any atom is 0.130 e. The summed E-state index contributed by atoms with van der Waals surface area (Å²) in [5.74, 6) is -0.0913. The molecule has 21 heavy (non-hydrogen) atoms. The molecule has 1 aromatic carbocycles. The largest absolute Gasteiger partial charge is 0.371 e. The van der Waals surface area contributed by atoms with Crippen molar-refractivity contribution in [3.63, 3.8) is 0 Å². The van der Waals surface area contributed by atoms with Crippen LogP contribution in [0.1, 0.15) is 58.6 Å². The summed E-state index contributed by atoms with van der Waals surface area (Å²) >= 11 is 0. The van der Waals surface area contributed by atoms with Gasteiger partial charge in [0, 0.05) is 30.4 Å². The van der Waals surface area contributed by atoms with Crippen molar-refractivity contribution in [3.8, 4) is 0 Å². The van der Waals surface area contributed by atoms with Crippen LogP contribution in [-0.4, -0.2) is 19.6 Å². The Hall–Kier alpha value is -1.09. The molecule has 3 heteroatoms. The maximum atomic E-state index is 14.4. The summed E-state index contributed by atoms with van der Waals surface area (Å²) in [6, 6.07) is 5.54. The zero-order chi connectivity index (χ0) is 15.5. The second-order valence-corrected chi connectivity index (χ2v) is 6.33. The van der Waals surface area contributed by atoms with Gasteiger partial charge in [-0.25, -0.2) is 4.39 Å². The molecule has 1 fully saturated rings. The van der Waals surface area contributed by atoms with Crippen molar-refractivity contribution >= 4 is 5.69 Å². The lowest BCUT2D eigenvalue weighted by atomic mass is 9.82. The van der Waals surface area contributed by atoms with Gasteiger partial charge in [0.05, 0.1) is 0 Å². The molecule has 0 amide bonds. The minimum atomic E-state index is -0.0913. The highest BCUT2D eigenvalue weighted by Crippen LogP contribution is 2.41. The van der Waals surface area contributed by atoms with Crippen molar-refractivity contribution in [1.82, 2.24) is 5.32 Å². The fraction of sp³-hybridized carbons (Fsp3) is 0.667. The van der Waals surface area contributed by atoms with E-state index in [1.54, 1.807) is 6.07 Å². The van der Waals surface area contributed by atoms with Gasteiger partial charge in [-0.1, -0.05) is 26.8 Å². The number of rotatable bonds is 6. The van der Waals surface area contributed by atoms with Crippen LogP contribution in [0, 0.1) is 11.2 Å². The summed E-state index contributed by atoms with van der Waals surface area (Å²) in [5.41, 5.74) is 2.31. The summed E-state index contributed by atoms with van der Waals surface area (Å²) in [6.07, 6.45) is 3.62. The molecule has 0 saturated carbocycles. The van der Waals surface area contributed by atoms with E-state index < -0.39 is 0 Å². The predicted octanol–water partition coefficient (Wildman–Crippen LogP) is 4.51. The molecule has 1 aromatic rings. The highest BCUT2D eigenvalue weighted by atomic mass is 19.1. The molecule has 0 bridgehead atoms. The number of hydrogen-bond donors (Lipinski definition) is 1. The van der Waals surface area contributed by atoms with Gasteiger partial charge in [0.25, 0.3) is 0 Å². The molecule has 1 atom stereocenters. The Morgan fingerprint density at radius 2 is 2.00 bits per heavy atom. The molecule has 0 spiro atoms. The summed E-state index contributed by atoms with van der Waals surface area (Å²) < 4.78 is 14.4. The molecular formula is C18H29FN2. The van der Waals surface area contributed by atoms with E-state index in [9.17, 15) is 4.39 Å². The third-order valence-corrected chi connectivity index (χ3v) is 5.25. The molecule has 1 aliphatic heterocycles. The van der Waals surface area contributed by atoms with Gasteiger partial charge >= 0.3 is 0 Å². The Kier molecular flexibility index (Phi) is 5.26. The SMILES string of the molecule is CCNC(C)c1c(F)cccc1N1CCC(CC)(CC)C1. The first kappa shape index (κ1) is 16.3. The molecule has 0 aliphatic carbocycles. The van der Waals surface area contributed by atoms with Gasteiger partial charge in [0.2, 0.25) is 0 Å². The molecule has 2 rings (SSSR count). The molecule has 1 aliphatic rings. The number of benzene rings is 1. The van der Waals surface area contributed by atoms with Gasteiger partial charge in [0.15, 0.2) is 0 Å². The summed E-state index contributed by atoms with van der Waals surface area (Å²) in [6.45, 7) is 11.6. The first-order valence-corrected chi connectivity index (χ1v) is 8.33. The Labute approximate surface area is 128 Å². The highest BCUT2D eigenvalue weighted by Gasteiger charge is 2.36. The van der Waals surface area contributed by atoms with Crippen LogP contribution in [0.4, 0.5) is 10.1 Å². The minimum absolute atomic E-state index is 0.0458. The van der Waals surface area contributed by atoms with Crippen LogP contribution in [0.25, 0.3) is 0 Å². The molecule has 1 heterocycles. The lowest BCUT2D eigenvalue weighted by molar-refractivity contribution is 0.301. The number of anilines is 1. The Bertz CT molecular complexity index is 468. The molecule has 2 nitrogen and oxygen atoms in total. The third kappa shape index (κ3) is 3.23. The molecular weight excluding hydrogens is 263 g/mol. The standard InChI is InChI=1S/C18H29FN2/c1-5-18(6-2)11-12-21(13-18)16-10-8-9-15(19)17(16)14(4)20-7-3/h8-10,14,20H,5-7,11-13H2,1-4H3. The van der Waals surface area contributed by atoms with E-state index in [0.717, 1.165) is 30.9 Å². The van der Waals surface area contributed by atoms with Crippen LogP contribution >= 0.6 is 0 Å². The lowest BCUT2D eigenvalue weighted by Crippen LogP contribution is -2.29. The van der Waals surface area contributed by atoms with E-state index in [4.69, 9.17) is 0 Å². The van der Waals surface area contributed by atoms with Crippen molar-refractivity contribution in [1.29, 1.82) is 0 Å². The quantitative estimate of drug-likeness (QED) is 0.829. The monoisotopic (exact) mass is 292 g/mol. The van der Waals surface area contributed by atoms with Crippen molar-refractivity contribution in [2.75, 3.05) is 24.5 Å². The van der Waals surface area contributed by atoms with Gasteiger partial charge < -0.3 is 10.2 Å². The fourth-order valence-corrected chi connectivity index (χ4v) is 3.61. The van der Waals surface area contributed by atoms with Crippen molar-refractivity contribution in [3.05, 3.63) is 29.6 Å². The predicted molar refractivity (Wildman–Crippen MR) is 88.3 cm³/mol.